The number of hydrogen-bond donors (Lipinski definition) is 4. The molecule has 1 unspecified atom stereocenters. The highest BCUT2D eigenvalue weighted by molar-refractivity contribution is 6.04. The summed E-state index contributed by atoms with van der Waals surface area (Å²) in [6, 6.07) is 14.7. The van der Waals surface area contributed by atoms with Gasteiger partial charge in [0.2, 0.25) is 11.8 Å². The molecule has 2 aromatic rings. The Morgan fingerprint density at radius 3 is 2.23 bits per heavy atom. The summed E-state index contributed by atoms with van der Waals surface area (Å²) < 4.78 is 0. The summed E-state index contributed by atoms with van der Waals surface area (Å²) >= 11 is 0. The molecule has 0 radical (unpaired) electrons. The van der Waals surface area contributed by atoms with Crippen molar-refractivity contribution < 1.29 is 17.2 Å². The molecule has 9 nitrogen and oxygen atoms in total. The van der Waals surface area contributed by atoms with Crippen molar-refractivity contribution in [3.8, 4) is 0 Å². The van der Waals surface area contributed by atoms with Gasteiger partial charge in [0.25, 0.3) is 0 Å². The second kappa shape index (κ2) is 15.7. The molecular formula is C35H52N6O3. The number of benzene rings is 2. The number of piperazine rings is 1. The summed E-state index contributed by atoms with van der Waals surface area (Å²) in [6.07, 6.45) is 16.1. The van der Waals surface area contributed by atoms with E-state index in [1.807, 2.05) is 42.5 Å². The van der Waals surface area contributed by atoms with Gasteiger partial charge in [0.05, 0.1) is 11.4 Å². The van der Waals surface area contributed by atoms with Crippen LogP contribution >= 0.6 is 0 Å². The van der Waals surface area contributed by atoms with Crippen LogP contribution in [-0.2, 0) is 9.59 Å². The fraction of sp³-hybridized carbons (Fsp3) is 0.514. The Hall–Kier alpha value is -3.85. The van der Waals surface area contributed by atoms with Crippen LogP contribution in [0.2, 0.25) is 0 Å². The molecule has 1 saturated heterocycles. The van der Waals surface area contributed by atoms with Gasteiger partial charge < -0.3 is 26.6 Å². The molecule has 44 heavy (non-hydrogen) atoms. The van der Waals surface area contributed by atoms with Gasteiger partial charge in [-0.05, 0) is 55.0 Å². The lowest BCUT2D eigenvalue weighted by Crippen LogP contribution is -2.51. The maximum atomic E-state index is 13.0. The van der Waals surface area contributed by atoms with Crippen LogP contribution in [0.1, 0.15) is 79.0 Å². The summed E-state index contributed by atoms with van der Waals surface area (Å²) in [7, 11) is 0. The van der Waals surface area contributed by atoms with Gasteiger partial charge in [-0.15, -0.1) is 0 Å². The number of rotatable bonds is 10. The summed E-state index contributed by atoms with van der Waals surface area (Å²) in [5.41, 5.74) is 8.67. The van der Waals surface area contributed by atoms with Gasteiger partial charge in [-0.1, -0.05) is 81.7 Å². The minimum absolute atomic E-state index is 0. The number of carbonyl (C=O) groups excluding carboxylic acids is 3. The van der Waals surface area contributed by atoms with E-state index >= 15 is 0 Å². The van der Waals surface area contributed by atoms with Gasteiger partial charge in [0.15, 0.2) is 0 Å². The molecule has 4 amide bonds. The molecule has 3 aliphatic rings. The van der Waals surface area contributed by atoms with Gasteiger partial charge in [0, 0.05) is 46.8 Å². The number of anilines is 3. The van der Waals surface area contributed by atoms with Crippen LogP contribution in [0.25, 0.3) is 6.08 Å². The topological polar surface area (TPSA) is 120 Å². The minimum atomic E-state index is -0.722. The number of urea groups is 1. The minimum Gasteiger partial charge on any atom is -0.368 e. The van der Waals surface area contributed by atoms with E-state index < -0.39 is 18.0 Å². The highest BCUT2D eigenvalue weighted by atomic mass is 16.2. The van der Waals surface area contributed by atoms with E-state index in [2.05, 4.69) is 25.8 Å². The summed E-state index contributed by atoms with van der Waals surface area (Å²) in [5.74, 6) is -0.379. The molecule has 2 aliphatic carbocycles. The van der Waals surface area contributed by atoms with Gasteiger partial charge in [0.1, 0.15) is 6.04 Å². The Morgan fingerprint density at radius 2 is 1.55 bits per heavy atom. The molecule has 0 aromatic heterocycles. The van der Waals surface area contributed by atoms with Crippen LogP contribution < -0.4 is 26.6 Å². The van der Waals surface area contributed by atoms with Gasteiger partial charge in [-0.2, -0.15) is 0 Å². The van der Waals surface area contributed by atoms with Crippen LogP contribution in [0.3, 0.4) is 0 Å². The summed E-state index contributed by atoms with van der Waals surface area (Å²) in [4.78, 5) is 43.1. The quantitative estimate of drug-likeness (QED) is 0.240. The van der Waals surface area contributed by atoms with Crippen molar-refractivity contribution in [1.29, 1.82) is 0 Å². The van der Waals surface area contributed by atoms with Crippen molar-refractivity contribution >= 4 is 41.0 Å². The van der Waals surface area contributed by atoms with Gasteiger partial charge in [-0.3, -0.25) is 14.5 Å². The molecule has 5 rings (SSSR count). The molecule has 2 aromatic carbocycles. The lowest BCUT2D eigenvalue weighted by Gasteiger charge is -2.42. The molecule has 0 spiro atoms. The number of nitrogens with one attached hydrogen (secondary N) is 3. The van der Waals surface area contributed by atoms with Gasteiger partial charge >= 0.3 is 6.03 Å². The monoisotopic (exact) mass is 604 g/mol. The first-order valence-corrected chi connectivity index (χ1v) is 16.5. The standard InChI is InChI=1S/C35H48N6O3.2H2/c36-34(43)31(24-27-12-6-2-7-13-27)39-35(44)37-28-17-18-32(41-22-20-40(21-23-41)29-14-8-3-9-15-29)30(25-28)38-33(42)19-16-26-10-4-1-5-11-26;;/h1,4-5,10-11,16-19,25,27,29,31H,2-3,6-9,12-15,20-24H2,(H2,36,43)(H,38,42)(H2,37,39,44);2*1H/b19-16+;;. The van der Waals surface area contributed by atoms with E-state index in [1.165, 1.54) is 44.6 Å². The lowest BCUT2D eigenvalue weighted by molar-refractivity contribution is -0.120. The van der Waals surface area contributed by atoms with Crippen molar-refractivity contribution in [3.05, 3.63) is 60.2 Å². The predicted octanol–water partition coefficient (Wildman–Crippen LogP) is 6.23. The van der Waals surface area contributed by atoms with Crippen LogP contribution in [0.5, 0.6) is 0 Å². The Balaban J connectivity index is 0.00000288. The zero-order valence-corrected chi connectivity index (χ0v) is 25.8. The van der Waals surface area contributed by atoms with Crippen molar-refractivity contribution in [2.45, 2.75) is 82.7 Å². The average molecular weight is 605 g/mol. The molecule has 9 heteroatoms. The van der Waals surface area contributed by atoms with E-state index in [0.29, 0.717) is 29.8 Å². The Bertz CT molecular complexity index is 1290. The van der Waals surface area contributed by atoms with E-state index in [-0.39, 0.29) is 8.76 Å². The largest absolute Gasteiger partial charge is 0.368 e. The number of carbonyl (C=O) groups is 3. The smallest absolute Gasteiger partial charge is 0.319 e. The highest BCUT2D eigenvalue weighted by Crippen LogP contribution is 2.32. The average Bonchev–Trinajstić information content (AvgIpc) is 3.05. The zero-order chi connectivity index (χ0) is 30.7. The number of amides is 4. The second-order valence-corrected chi connectivity index (χ2v) is 12.6. The first-order valence-electron chi connectivity index (χ1n) is 16.5. The molecule has 1 heterocycles. The Labute approximate surface area is 264 Å². The number of nitrogens with zero attached hydrogens (tertiary/aromatic N) is 2. The number of primary amides is 1. The number of hydrogen-bond acceptors (Lipinski definition) is 5. The van der Waals surface area contributed by atoms with E-state index in [0.717, 1.165) is 63.1 Å². The molecule has 1 aliphatic heterocycles. The fourth-order valence-corrected chi connectivity index (χ4v) is 7.00. The molecule has 0 bridgehead atoms. The Morgan fingerprint density at radius 1 is 0.864 bits per heavy atom. The normalized spacial score (nSPS) is 19.4. The molecule has 3 fully saturated rings. The predicted molar refractivity (Wildman–Crippen MR) is 182 cm³/mol. The van der Waals surface area contributed by atoms with Crippen LogP contribution in [0, 0.1) is 5.92 Å². The maximum absolute atomic E-state index is 13.0. The van der Waals surface area contributed by atoms with Crippen molar-refractivity contribution in [1.82, 2.24) is 10.2 Å². The van der Waals surface area contributed by atoms with Gasteiger partial charge in [-0.25, -0.2) is 4.79 Å². The molecule has 5 N–H and O–H groups in total. The SMILES string of the molecule is NC(=O)C(CC1CCCCC1)NC(=O)Nc1ccc(N2CCN(C3CCCCC3)CC2)c(NC(=O)/C=C/c2ccccc2)c1.[HH].[HH]. The zero-order valence-electron chi connectivity index (χ0n) is 25.8. The fourth-order valence-electron chi connectivity index (χ4n) is 7.00. The molecule has 1 atom stereocenters. The van der Waals surface area contributed by atoms with E-state index in [4.69, 9.17) is 5.73 Å². The first kappa shape index (κ1) is 31.6. The van der Waals surface area contributed by atoms with Crippen molar-refractivity contribution in [3.63, 3.8) is 0 Å². The van der Waals surface area contributed by atoms with Crippen molar-refractivity contribution in [2.24, 2.45) is 11.7 Å². The summed E-state index contributed by atoms with van der Waals surface area (Å²) in [5, 5.41) is 8.70. The molecular weight excluding hydrogens is 552 g/mol. The van der Waals surface area contributed by atoms with E-state index in [1.54, 1.807) is 12.1 Å². The maximum Gasteiger partial charge on any atom is 0.319 e. The van der Waals surface area contributed by atoms with Crippen LogP contribution in [0.15, 0.2) is 54.6 Å². The third-order valence-corrected chi connectivity index (χ3v) is 9.43. The van der Waals surface area contributed by atoms with Crippen LogP contribution in [0.4, 0.5) is 21.9 Å². The Kier molecular flexibility index (Phi) is 11.3. The van der Waals surface area contributed by atoms with E-state index in [9.17, 15) is 14.4 Å². The molecule has 240 valence electrons. The molecule has 2 saturated carbocycles. The summed E-state index contributed by atoms with van der Waals surface area (Å²) in [6.45, 7) is 3.72. The third-order valence-electron chi connectivity index (χ3n) is 9.43. The number of nitrogens with two attached hydrogens (primary N) is 1. The first-order chi connectivity index (χ1) is 21.4. The third kappa shape index (κ3) is 9.08. The van der Waals surface area contributed by atoms with Crippen molar-refractivity contribution in [2.75, 3.05) is 41.7 Å². The van der Waals surface area contributed by atoms with Crippen LogP contribution in [-0.4, -0.2) is 61.0 Å². The lowest BCUT2D eigenvalue weighted by atomic mass is 9.84. The highest BCUT2D eigenvalue weighted by Gasteiger charge is 2.27. The second-order valence-electron chi connectivity index (χ2n) is 12.6.